The summed E-state index contributed by atoms with van der Waals surface area (Å²) in [6.45, 7) is 3.38. The number of hydrogen-bond donors (Lipinski definition) is 1. The molecule has 27 heavy (non-hydrogen) atoms. The van der Waals surface area contributed by atoms with Gasteiger partial charge in [0.1, 0.15) is 0 Å². The quantitative estimate of drug-likeness (QED) is 0.905. The van der Waals surface area contributed by atoms with Crippen LogP contribution in [0.25, 0.3) is 5.57 Å². The van der Waals surface area contributed by atoms with Crippen LogP contribution in [0.1, 0.15) is 35.7 Å². The van der Waals surface area contributed by atoms with Crippen LogP contribution in [0.4, 0.5) is 5.69 Å². The van der Waals surface area contributed by atoms with Crippen LogP contribution in [0.15, 0.2) is 54.9 Å². The molecule has 0 radical (unpaired) electrons. The largest absolute Gasteiger partial charge is 0.334 e. The Morgan fingerprint density at radius 2 is 1.96 bits per heavy atom. The molecule has 0 unspecified atom stereocenters. The van der Waals surface area contributed by atoms with Crippen LogP contribution in [-0.2, 0) is 4.79 Å². The van der Waals surface area contributed by atoms with E-state index in [-0.39, 0.29) is 17.7 Å². The predicted molar refractivity (Wildman–Crippen MR) is 105 cm³/mol. The van der Waals surface area contributed by atoms with Crippen LogP contribution >= 0.6 is 0 Å². The van der Waals surface area contributed by atoms with Gasteiger partial charge in [0.2, 0.25) is 5.91 Å². The van der Waals surface area contributed by atoms with E-state index >= 15 is 0 Å². The number of aromatic nitrogens is 1. The smallest absolute Gasteiger partial charge is 0.254 e. The van der Waals surface area contributed by atoms with E-state index in [1.165, 1.54) is 0 Å². The zero-order valence-electron chi connectivity index (χ0n) is 15.4. The van der Waals surface area contributed by atoms with Crippen LogP contribution in [0.2, 0.25) is 0 Å². The molecule has 1 aromatic heterocycles. The van der Waals surface area contributed by atoms with E-state index in [9.17, 15) is 9.59 Å². The maximum absolute atomic E-state index is 12.9. The van der Waals surface area contributed by atoms with Gasteiger partial charge in [0.05, 0.1) is 0 Å². The van der Waals surface area contributed by atoms with Crippen molar-refractivity contribution in [1.82, 2.24) is 9.88 Å². The lowest BCUT2D eigenvalue weighted by Gasteiger charge is -2.27. The first kappa shape index (κ1) is 17.5. The minimum atomic E-state index is 0.0122. The topological polar surface area (TPSA) is 62.3 Å². The molecule has 1 N–H and O–H groups in total. The number of carbonyl (C=O) groups is 2. The molecule has 2 aromatic rings. The fourth-order valence-electron chi connectivity index (χ4n) is 3.48. The van der Waals surface area contributed by atoms with Crippen molar-refractivity contribution in [3.05, 3.63) is 66.0 Å². The van der Waals surface area contributed by atoms with E-state index in [0.717, 1.165) is 29.7 Å². The molecule has 2 amide bonds. The van der Waals surface area contributed by atoms with Crippen molar-refractivity contribution in [2.24, 2.45) is 11.8 Å². The van der Waals surface area contributed by atoms with E-state index < -0.39 is 0 Å². The second-order valence-electron chi connectivity index (χ2n) is 7.37. The van der Waals surface area contributed by atoms with E-state index in [1.807, 2.05) is 23.2 Å². The molecule has 0 saturated heterocycles. The second kappa shape index (κ2) is 7.35. The SMILES string of the molecule is C[C@H]1C[C@H]1C(=O)Nc1ccc(C(=O)N2CCC=C(c3cccnc3)C2)cc1. The molecule has 2 atom stereocenters. The van der Waals surface area contributed by atoms with Crippen molar-refractivity contribution in [1.29, 1.82) is 0 Å². The van der Waals surface area contributed by atoms with Crippen molar-refractivity contribution in [3.8, 4) is 0 Å². The lowest BCUT2D eigenvalue weighted by molar-refractivity contribution is -0.117. The Morgan fingerprint density at radius 1 is 1.19 bits per heavy atom. The summed E-state index contributed by atoms with van der Waals surface area (Å²) in [4.78, 5) is 30.9. The summed E-state index contributed by atoms with van der Waals surface area (Å²) < 4.78 is 0. The lowest BCUT2D eigenvalue weighted by Crippen LogP contribution is -2.35. The lowest BCUT2D eigenvalue weighted by atomic mass is 10.0. The molecule has 2 heterocycles. The summed E-state index contributed by atoms with van der Waals surface area (Å²) in [6.07, 6.45) is 7.56. The van der Waals surface area contributed by atoms with Crippen molar-refractivity contribution >= 4 is 23.1 Å². The fourth-order valence-corrected chi connectivity index (χ4v) is 3.48. The molecular weight excluding hydrogens is 338 g/mol. The van der Waals surface area contributed by atoms with Crippen molar-refractivity contribution < 1.29 is 9.59 Å². The van der Waals surface area contributed by atoms with Gasteiger partial charge in [-0.3, -0.25) is 14.6 Å². The normalized spacial score (nSPS) is 21.4. The Balaban J connectivity index is 1.40. The average Bonchev–Trinajstić information content (AvgIpc) is 3.46. The Morgan fingerprint density at radius 3 is 2.63 bits per heavy atom. The summed E-state index contributed by atoms with van der Waals surface area (Å²) in [5.41, 5.74) is 3.57. The third-order valence-corrected chi connectivity index (χ3v) is 5.32. The number of benzene rings is 1. The van der Waals surface area contributed by atoms with Gasteiger partial charge in [-0.1, -0.05) is 19.1 Å². The summed E-state index contributed by atoms with van der Waals surface area (Å²) in [5, 5.41) is 2.93. The first-order valence-electron chi connectivity index (χ1n) is 9.41. The molecule has 0 bridgehead atoms. The number of rotatable bonds is 4. The molecule has 1 aliphatic heterocycles. The highest BCUT2D eigenvalue weighted by Crippen LogP contribution is 2.38. The van der Waals surface area contributed by atoms with Gasteiger partial charge >= 0.3 is 0 Å². The first-order valence-corrected chi connectivity index (χ1v) is 9.41. The van der Waals surface area contributed by atoms with Gasteiger partial charge in [0, 0.05) is 42.7 Å². The summed E-state index contributed by atoms with van der Waals surface area (Å²) in [5.74, 6) is 0.700. The van der Waals surface area contributed by atoms with Crippen LogP contribution < -0.4 is 5.32 Å². The van der Waals surface area contributed by atoms with Gasteiger partial charge in [0.15, 0.2) is 0 Å². The highest BCUT2D eigenvalue weighted by atomic mass is 16.2. The molecule has 1 fully saturated rings. The van der Waals surface area contributed by atoms with Crippen molar-refractivity contribution in [2.45, 2.75) is 19.8 Å². The Kier molecular flexibility index (Phi) is 4.75. The fraction of sp³-hybridized carbons (Fsp3) is 0.318. The molecular formula is C22H23N3O2. The maximum Gasteiger partial charge on any atom is 0.254 e. The van der Waals surface area contributed by atoms with Crippen LogP contribution in [0.3, 0.4) is 0 Å². The van der Waals surface area contributed by atoms with Gasteiger partial charge < -0.3 is 10.2 Å². The van der Waals surface area contributed by atoms with Crippen LogP contribution in [0.5, 0.6) is 0 Å². The summed E-state index contributed by atoms with van der Waals surface area (Å²) in [6, 6.07) is 11.1. The zero-order valence-corrected chi connectivity index (χ0v) is 15.4. The van der Waals surface area contributed by atoms with Gasteiger partial charge in [-0.2, -0.15) is 0 Å². The second-order valence-corrected chi connectivity index (χ2v) is 7.37. The Labute approximate surface area is 159 Å². The highest BCUT2D eigenvalue weighted by Gasteiger charge is 2.39. The van der Waals surface area contributed by atoms with Gasteiger partial charge in [-0.25, -0.2) is 0 Å². The molecule has 4 rings (SSSR count). The standard InChI is InChI=1S/C22H23N3O2/c1-15-12-20(15)21(26)24-19-8-6-16(7-9-19)22(27)25-11-3-5-18(14-25)17-4-2-10-23-13-17/h2,4-10,13,15,20H,3,11-12,14H2,1H3,(H,24,26)/t15-,20+/m0/s1. The van der Waals surface area contributed by atoms with Gasteiger partial charge in [-0.15, -0.1) is 0 Å². The first-order chi connectivity index (χ1) is 13.1. The van der Waals surface area contributed by atoms with Crippen molar-refractivity contribution in [3.63, 3.8) is 0 Å². The number of anilines is 1. The number of hydrogen-bond acceptors (Lipinski definition) is 3. The van der Waals surface area contributed by atoms with Crippen LogP contribution in [0, 0.1) is 11.8 Å². The van der Waals surface area contributed by atoms with E-state index in [0.29, 0.717) is 24.6 Å². The number of carbonyl (C=O) groups excluding carboxylic acids is 2. The zero-order chi connectivity index (χ0) is 18.8. The van der Waals surface area contributed by atoms with E-state index in [2.05, 4.69) is 23.3 Å². The number of pyridine rings is 1. The number of nitrogens with one attached hydrogen (secondary N) is 1. The van der Waals surface area contributed by atoms with Gasteiger partial charge in [0.25, 0.3) is 5.91 Å². The average molecular weight is 361 g/mol. The monoisotopic (exact) mass is 361 g/mol. The molecule has 5 nitrogen and oxygen atoms in total. The summed E-state index contributed by atoms with van der Waals surface area (Å²) >= 11 is 0. The molecule has 1 aromatic carbocycles. The predicted octanol–water partition coefficient (Wildman–Crippen LogP) is 3.61. The molecule has 1 aliphatic carbocycles. The highest BCUT2D eigenvalue weighted by molar-refractivity contribution is 5.97. The maximum atomic E-state index is 12.9. The third-order valence-electron chi connectivity index (χ3n) is 5.32. The Bertz CT molecular complexity index is 874. The van der Waals surface area contributed by atoms with Crippen LogP contribution in [-0.4, -0.2) is 34.8 Å². The molecule has 1 saturated carbocycles. The minimum absolute atomic E-state index is 0.0122. The molecule has 2 aliphatic rings. The minimum Gasteiger partial charge on any atom is -0.334 e. The Hall–Kier alpha value is -2.95. The summed E-state index contributed by atoms with van der Waals surface area (Å²) in [7, 11) is 0. The van der Waals surface area contributed by atoms with Gasteiger partial charge in [-0.05, 0) is 60.2 Å². The molecule has 0 spiro atoms. The molecule has 5 heteroatoms. The number of amides is 2. The van der Waals surface area contributed by atoms with E-state index in [1.54, 1.807) is 30.5 Å². The number of nitrogens with zero attached hydrogens (tertiary/aromatic N) is 2. The van der Waals surface area contributed by atoms with E-state index in [4.69, 9.17) is 0 Å². The third kappa shape index (κ3) is 3.92. The van der Waals surface area contributed by atoms with Crippen molar-refractivity contribution in [2.75, 3.05) is 18.4 Å². The molecule has 138 valence electrons.